The summed E-state index contributed by atoms with van der Waals surface area (Å²) in [6.07, 6.45) is 0. The van der Waals surface area contributed by atoms with E-state index in [1.54, 1.807) is 13.0 Å². The molecular formula is C10H15NO4S. The lowest BCUT2D eigenvalue weighted by molar-refractivity contribution is 0.256. The van der Waals surface area contributed by atoms with Crippen LogP contribution in [0.4, 0.5) is 0 Å². The summed E-state index contributed by atoms with van der Waals surface area (Å²) >= 11 is 0. The lowest BCUT2D eigenvalue weighted by Gasteiger charge is -2.11. The van der Waals surface area contributed by atoms with Gasteiger partial charge in [0.05, 0.1) is 12.0 Å². The maximum Gasteiger partial charge on any atom is 0.206 e. The fourth-order valence-corrected chi connectivity index (χ4v) is 2.48. The van der Waals surface area contributed by atoms with Crippen molar-refractivity contribution in [3.05, 3.63) is 23.8 Å². The van der Waals surface area contributed by atoms with Crippen LogP contribution in [0.3, 0.4) is 0 Å². The molecule has 1 atom stereocenters. The van der Waals surface area contributed by atoms with E-state index >= 15 is 0 Å². The second kappa shape index (κ2) is 4.82. The fraction of sp³-hybridized carbons (Fsp3) is 0.400. The van der Waals surface area contributed by atoms with Crippen molar-refractivity contribution in [1.82, 2.24) is 0 Å². The molecule has 0 saturated carbocycles. The van der Waals surface area contributed by atoms with Crippen LogP contribution in [-0.2, 0) is 9.84 Å². The van der Waals surface area contributed by atoms with Crippen molar-refractivity contribution in [2.75, 3.05) is 13.7 Å². The van der Waals surface area contributed by atoms with Crippen molar-refractivity contribution in [3.8, 4) is 5.75 Å². The van der Waals surface area contributed by atoms with E-state index in [0.717, 1.165) is 0 Å². The number of ether oxygens (including phenoxy) is 1. The van der Waals surface area contributed by atoms with Gasteiger partial charge in [0.2, 0.25) is 9.84 Å². The third kappa shape index (κ3) is 2.34. The largest absolute Gasteiger partial charge is 0.496 e. The van der Waals surface area contributed by atoms with Crippen molar-refractivity contribution in [2.45, 2.75) is 17.3 Å². The summed E-state index contributed by atoms with van der Waals surface area (Å²) in [4.78, 5) is 0.0451. The highest BCUT2D eigenvalue weighted by molar-refractivity contribution is 7.91. The summed E-state index contributed by atoms with van der Waals surface area (Å²) < 4.78 is 28.5. The number of sulfone groups is 1. The first-order valence-corrected chi connectivity index (χ1v) is 6.24. The standard InChI is InChI=1S/C10H15NO4S/c1-7-5-8(3-4-9(7)15-2)16(13,14)10(12)6-11/h3-5,10,12H,6,11H2,1-2H3. The number of nitrogens with two attached hydrogens (primary N) is 1. The van der Waals surface area contributed by atoms with Crippen LogP contribution in [0, 0.1) is 6.92 Å². The molecule has 0 aliphatic rings. The van der Waals surface area contributed by atoms with Crippen LogP contribution in [-0.4, -0.2) is 32.6 Å². The van der Waals surface area contributed by atoms with Gasteiger partial charge in [-0.2, -0.15) is 0 Å². The molecule has 0 bridgehead atoms. The summed E-state index contributed by atoms with van der Waals surface area (Å²) in [6.45, 7) is 1.40. The van der Waals surface area contributed by atoms with E-state index in [-0.39, 0.29) is 11.4 Å². The number of aliphatic hydroxyl groups is 1. The van der Waals surface area contributed by atoms with Crippen molar-refractivity contribution >= 4 is 9.84 Å². The van der Waals surface area contributed by atoms with Gasteiger partial charge in [-0.3, -0.25) is 0 Å². The Labute approximate surface area is 94.8 Å². The molecule has 0 aliphatic carbocycles. The van der Waals surface area contributed by atoms with Crippen LogP contribution in [0.15, 0.2) is 23.1 Å². The Bertz CT molecular complexity index is 470. The quantitative estimate of drug-likeness (QED) is 0.782. The highest BCUT2D eigenvalue weighted by atomic mass is 32.2. The highest BCUT2D eigenvalue weighted by Crippen LogP contribution is 2.23. The average molecular weight is 245 g/mol. The van der Waals surface area contributed by atoms with Crippen molar-refractivity contribution < 1.29 is 18.3 Å². The van der Waals surface area contributed by atoms with E-state index in [0.29, 0.717) is 11.3 Å². The van der Waals surface area contributed by atoms with E-state index in [4.69, 9.17) is 10.5 Å². The Hall–Kier alpha value is -1.11. The Morgan fingerprint density at radius 3 is 2.56 bits per heavy atom. The number of methoxy groups -OCH3 is 1. The van der Waals surface area contributed by atoms with Crippen molar-refractivity contribution in [2.24, 2.45) is 5.73 Å². The number of rotatable bonds is 4. The minimum Gasteiger partial charge on any atom is -0.496 e. The van der Waals surface area contributed by atoms with E-state index < -0.39 is 15.3 Å². The molecule has 0 fully saturated rings. The summed E-state index contributed by atoms with van der Waals surface area (Å²) in [5.74, 6) is 0.598. The molecule has 90 valence electrons. The van der Waals surface area contributed by atoms with Gasteiger partial charge in [0.25, 0.3) is 0 Å². The van der Waals surface area contributed by atoms with Crippen LogP contribution in [0.25, 0.3) is 0 Å². The summed E-state index contributed by atoms with van der Waals surface area (Å²) in [5, 5.41) is 9.31. The lowest BCUT2D eigenvalue weighted by Crippen LogP contribution is -2.29. The van der Waals surface area contributed by atoms with Crippen LogP contribution < -0.4 is 10.5 Å². The van der Waals surface area contributed by atoms with Crippen LogP contribution in [0.2, 0.25) is 0 Å². The van der Waals surface area contributed by atoms with E-state index in [2.05, 4.69) is 0 Å². The molecule has 0 spiro atoms. The lowest BCUT2D eigenvalue weighted by atomic mass is 10.2. The summed E-state index contributed by atoms with van der Waals surface area (Å²) in [6, 6.07) is 4.39. The van der Waals surface area contributed by atoms with Crippen LogP contribution >= 0.6 is 0 Å². The highest BCUT2D eigenvalue weighted by Gasteiger charge is 2.24. The SMILES string of the molecule is COc1ccc(S(=O)(=O)C(O)CN)cc1C. The number of hydrogen-bond donors (Lipinski definition) is 2. The number of benzene rings is 1. The Morgan fingerprint density at radius 1 is 1.50 bits per heavy atom. The first kappa shape index (κ1) is 13.0. The van der Waals surface area contributed by atoms with Gasteiger partial charge in [-0.25, -0.2) is 8.42 Å². The van der Waals surface area contributed by atoms with Gasteiger partial charge < -0.3 is 15.6 Å². The minimum atomic E-state index is -3.76. The predicted octanol–water partition coefficient (Wildman–Crippen LogP) is 0.0544. The van der Waals surface area contributed by atoms with Gasteiger partial charge in [0.15, 0.2) is 5.44 Å². The van der Waals surface area contributed by atoms with Gasteiger partial charge in [-0.05, 0) is 30.7 Å². The number of hydrogen-bond acceptors (Lipinski definition) is 5. The molecule has 1 aromatic rings. The molecule has 0 aromatic heterocycles. The first-order valence-electron chi connectivity index (χ1n) is 4.70. The Morgan fingerprint density at radius 2 is 2.12 bits per heavy atom. The normalized spacial score (nSPS) is 13.5. The monoisotopic (exact) mass is 245 g/mol. The van der Waals surface area contributed by atoms with Gasteiger partial charge >= 0.3 is 0 Å². The zero-order valence-corrected chi connectivity index (χ0v) is 9.99. The minimum absolute atomic E-state index is 0.0451. The summed E-state index contributed by atoms with van der Waals surface area (Å²) in [7, 11) is -2.26. The third-order valence-corrected chi connectivity index (χ3v) is 4.07. The van der Waals surface area contributed by atoms with Gasteiger partial charge in [-0.15, -0.1) is 0 Å². The van der Waals surface area contributed by atoms with Crippen LogP contribution in [0.5, 0.6) is 5.75 Å². The number of aryl methyl sites for hydroxylation is 1. The van der Waals surface area contributed by atoms with E-state index in [1.807, 2.05) is 0 Å². The maximum absolute atomic E-state index is 11.7. The Kier molecular flexibility index (Phi) is 3.90. The molecule has 5 nitrogen and oxygen atoms in total. The fourth-order valence-electron chi connectivity index (χ4n) is 1.31. The van der Waals surface area contributed by atoms with Gasteiger partial charge in [0, 0.05) is 6.54 Å². The third-order valence-electron chi connectivity index (χ3n) is 2.25. The summed E-state index contributed by atoms with van der Waals surface area (Å²) in [5.41, 5.74) is 4.25. The molecule has 0 radical (unpaired) electrons. The van der Waals surface area contributed by atoms with E-state index in [1.165, 1.54) is 19.2 Å². The molecule has 1 aromatic carbocycles. The molecule has 0 saturated heterocycles. The molecule has 0 aliphatic heterocycles. The molecule has 3 N–H and O–H groups in total. The van der Waals surface area contributed by atoms with Crippen molar-refractivity contribution in [3.63, 3.8) is 0 Å². The first-order chi connectivity index (χ1) is 7.43. The second-order valence-electron chi connectivity index (χ2n) is 3.37. The number of aliphatic hydroxyl groups excluding tert-OH is 1. The predicted molar refractivity (Wildman–Crippen MR) is 60.0 cm³/mol. The molecule has 1 unspecified atom stereocenters. The zero-order chi connectivity index (χ0) is 12.3. The zero-order valence-electron chi connectivity index (χ0n) is 9.17. The van der Waals surface area contributed by atoms with Crippen molar-refractivity contribution in [1.29, 1.82) is 0 Å². The molecule has 6 heteroatoms. The van der Waals surface area contributed by atoms with E-state index in [9.17, 15) is 13.5 Å². The molecule has 16 heavy (non-hydrogen) atoms. The smallest absolute Gasteiger partial charge is 0.206 e. The van der Waals surface area contributed by atoms with Gasteiger partial charge in [-0.1, -0.05) is 0 Å². The second-order valence-corrected chi connectivity index (χ2v) is 5.47. The van der Waals surface area contributed by atoms with Gasteiger partial charge in [0.1, 0.15) is 5.75 Å². The topological polar surface area (TPSA) is 89.6 Å². The Balaban J connectivity index is 3.21. The average Bonchev–Trinajstić information content (AvgIpc) is 2.27. The maximum atomic E-state index is 11.7. The van der Waals surface area contributed by atoms with Crippen LogP contribution in [0.1, 0.15) is 5.56 Å². The molecule has 0 amide bonds. The molecule has 1 rings (SSSR count). The molecular weight excluding hydrogens is 230 g/mol. The molecule has 0 heterocycles.